The molecule has 0 saturated carbocycles. The van der Waals surface area contributed by atoms with Gasteiger partial charge >= 0.3 is 178 Å². The first kappa shape index (κ1) is 26.0. The van der Waals surface area contributed by atoms with Gasteiger partial charge in [-0.3, -0.25) is 0 Å². The number of amides is 1. The number of nitrogens with two attached hydrogens (primary N) is 1. The fourth-order valence-corrected chi connectivity index (χ4v) is 18.4. The molecule has 0 aromatic heterocycles. The molecular weight excluding hydrogens is 459 g/mol. The second-order valence-corrected chi connectivity index (χ2v) is 23.4. The van der Waals surface area contributed by atoms with E-state index in [1.54, 1.807) is 4.90 Å². The number of rotatable bonds is 12. The predicted molar refractivity (Wildman–Crippen MR) is 120 cm³/mol. The monoisotopic (exact) mass is 506 g/mol. The Bertz CT molecular complexity index is 432. The van der Waals surface area contributed by atoms with Crippen molar-refractivity contribution in [1.29, 1.82) is 0 Å². The van der Waals surface area contributed by atoms with E-state index in [4.69, 9.17) is 15.2 Å². The molecule has 0 aliphatic carbocycles. The van der Waals surface area contributed by atoms with Crippen LogP contribution in [0.1, 0.15) is 80.1 Å². The molecule has 0 spiro atoms. The van der Waals surface area contributed by atoms with Crippen molar-refractivity contribution in [3.63, 3.8) is 0 Å². The van der Waals surface area contributed by atoms with Crippen LogP contribution in [0.5, 0.6) is 0 Å². The van der Waals surface area contributed by atoms with Crippen LogP contribution in [0.25, 0.3) is 0 Å². The number of nitrogens with zero attached hydrogens (tertiary/aromatic N) is 1. The van der Waals surface area contributed by atoms with E-state index in [2.05, 4.69) is 20.8 Å². The molecule has 2 atom stereocenters. The zero-order valence-electron chi connectivity index (χ0n) is 19.4. The molecule has 0 bridgehead atoms. The molecule has 6 heteroatoms. The number of carbonyl (C=O) groups is 1. The van der Waals surface area contributed by atoms with Gasteiger partial charge < -0.3 is 0 Å². The van der Waals surface area contributed by atoms with Crippen molar-refractivity contribution in [3.8, 4) is 0 Å². The van der Waals surface area contributed by atoms with Gasteiger partial charge in [-0.1, -0.05) is 0 Å². The van der Waals surface area contributed by atoms with Gasteiger partial charge in [-0.25, -0.2) is 0 Å². The fourth-order valence-electron chi connectivity index (χ4n) is 3.98. The average molecular weight is 505 g/mol. The summed E-state index contributed by atoms with van der Waals surface area (Å²) in [5.74, 6) is 0. The summed E-state index contributed by atoms with van der Waals surface area (Å²) < 4.78 is 17.3. The number of unbranched alkanes of at least 4 members (excludes halogenated alkanes) is 3. The Balaban J connectivity index is 2.72. The number of hydrogen-bond acceptors (Lipinski definition) is 4. The van der Waals surface area contributed by atoms with Crippen molar-refractivity contribution < 1.29 is 14.3 Å². The SMILES string of the molecule is CCC[CH2][Sn]([CH2]CCC)([CH2]CCC)[CH2]O[C@@H]1CN(C(=O)OC(C)(C)C)C[C@H]1N. The van der Waals surface area contributed by atoms with Crippen molar-refractivity contribution >= 4 is 24.5 Å². The van der Waals surface area contributed by atoms with Crippen LogP contribution in [0.2, 0.25) is 13.3 Å². The number of carbonyl (C=O) groups excluding carboxylic acids is 1. The molecule has 1 rings (SSSR count). The van der Waals surface area contributed by atoms with E-state index < -0.39 is 24.0 Å². The van der Waals surface area contributed by atoms with Crippen LogP contribution < -0.4 is 5.73 Å². The molecule has 1 aliphatic heterocycles. The van der Waals surface area contributed by atoms with Crippen molar-refractivity contribution in [2.24, 2.45) is 5.73 Å². The number of ether oxygens (including phenoxy) is 2. The van der Waals surface area contributed by atoms with Crippen molar-refractivity contribution in [2.75, 3.05) is 17.7 Å². The summed E-state index contributed by atoms with van der Waals surface area (Å²) in [7, 11) is 0. The summed E-state index contributed by atoms with van der Waals surface area (Å²) >= 11 is -2.33. The number of hydrogen-bond donors (Lipinski definition) is 1. The van der Waals surface area contributed by atoms with Gasteiger partial charge in [0.05, 0.1) is 0 Å². The van der Waals surface area contributed by atoms with E-state index in [-0.39, 0.29) is 18.2 Å². The van der Waals surface area contributed by atoms with E-state index in [0.717, 1.165) is 4.62 Å². The Morgan fingerprint density at radius 1 is 1.00 bits per heavy atom. The zero-order chi connectivity index (χ0) is 21.2. The Labute approximate surface area is 178 Å². The Hall–Kier alpha value is -0.0113. The summed E-state index contributed by atoms with van der Waals surface area (Å²) in [6, 6.07) is -0.111. The molecule has 2 N–H and O–H groups in total. The van der Waals surface area contributed by atoms with Gasteiger partial charge in [0.15, 0.2) is 0 Å². The number of likely N-dealkylation sites (tertiary alicyclic amines) is 1. The second kappa shape index (κ2) is 12.6. The summed E-state index contributed by atoms with van der Waals surface area (Å²) in [5.41, 5.74) is 5.87. The van der Waals surface area contributed by atoms with Gasteiger partial charge in [-0.05, 0) is 0 Å². The molecule has 0 unspecified atom stereocenters. The summed E-state index contributed by atoms with van der Waals surface area (Å²) in [5, 5.41) is 0. The minimum atomic E-state index is -2.33. The molecule has 0 radical (unpaired) electrons. The van der Waals surface area contributed by atoms with Gasteiger partial charge in [0.1, 0.15) is 0 Å². The van der Waals surface area contributed by atoms with Crippen molar-refractivity contribution in [1.82, 2.24) is 4.90 Å². The first-order chi connectivity index (χ1) is 13.2. The predicted octanol–water partition coefficient (Wildman–Crippen LogP) is 5.34. The standard InChI is InChI=1S/C10H19N2O3.3C4H9.Sn/c1-10(2,3)15-9(13)12-5-7(11)8(6-12)14-4;3*1-3-4-2;/h7-8H,4-6,11H2,1-3H3;3*1,3-4H2,2H3;/t7-,8-;;;;/m1..../s1. The fraction of sp³-hybridized carbons (Fsp3) is 0.955. The molecule has 5 nitrogen and oxygen atoms in total. The molecule has 0 aromatic rings. The Kier molecular flexibility index (Phi) is 11.7. The van der Waals surface area contributed by atoms with Crippen LogP contribution in [0, 0.1) is 0 Å². The topological polar surface area (TPSA) is 64.8 Å². The van der Waals surface area contributed by atoms with Gasteiger partial charge in [0, 0.05) is 0 Å². The molecule has 1 saturated heterocycles. The van der Waals surface area contributed by atoms with E-state index in [1.165, 1.54) is 51.8 Å². The molecule has 1 amide bonds. The second-order valence-electron chi connectivity index (χ2n) is 9.71. The van der Waals surface area contributed by atoms with Crippen LogP contribution in [-0.2, 0) is 9.47 Å². The molecular formula is C22H46N2O3Sn. The molecule has 1 fully saturated rings. The minimum absolute atomic E-state index is 0.0477. The maximum absolute atomic E-state index is 12.4. The third-order valence-corrected chi connectivity index (χ3v) is 20.1. The third kappa shape index (κ3) is 9.20. The maximum atomic E-state index is 12.4. The molecule has 1 heterocycles. The van der Waals surface area contributed by atoms with Gasteiger partial charge in [0.25, 0.3) is 0 Å². The molecule has 1 aliphatic rings. The third-order valence-electron chi connectivity index (χ3n) is 5.75. The van der Waals surface area contributed by atoms with E-state index in [1.807, 2.05) is 20.8 Å². The van der Waals surface area contributed by atoms with E-state index >= 15 is 0 Å². The Morgan fingerprint density at radius 3 is 1.93 bits per heavy atom. The van der Waals surface area contributed by atoms with Crippen LogP contribution in [0.3, 0.4) is 0 Å². The first-order valence-corrected chi connectivity index (χ1v) is 19.6. The van der Waals surface area contributed by atoms with Crippen molar-refractivity contribution in [3.05, 3.63) is 0 Å². The van der Waals surface area contributed by atoms with Crippen LogP contribution in [0.4, 0.5) is 4.79 Å². The molecule has 0 aromatic carbocycles. The van der Waals surface area contributed by atoms with Crippen molar-refractivity contribution in [2.45, 2.75) is 111 Å². The van der Waals surface area contributed by atoms with Crippen LogP contribution in [-0.4, -0.2) is 64.8 Å². The molecule has 166 valence electrons. The summed E-state index contributed by atoms with van der Waals surface area (Å²) in [6.07, 6.45) is 7.51. The van der Waals surface area contributed by atoms with Crippen LogP contribution >= 0.6 is 0 Å². The molecule has 28 heavy (non-hydrogen) atoms. The van der Waals surface area contributed by atoms with Gasteiger partial charge in [0.2, 0.25) is 0 Å². The summed E-state index contributed by atoms with van der Waals surface area (Å²) in [6.45, 7) is 13.7. The van der Waals surface area contributed by atoms with E-state index in [9.17, 15) is 4.79 Å². The summed E-state index contributed by atoms with van der Waals surface area (Å²) in [4.78, 5) is 14.1. The quantitative estimate of drug-likeness (QED) is 0.364. The normalized spacial score (nSPS) is 20.6. The Morgan fingerprint density at radius 2 is 1.50 bits per heavy atom. The van der Waals surface area contributed by atoms with E-state index in [0.29, 0.717) is 13.1 Å². The average Bonchev–Trinajstić information content (AvgIpc) is 3.00. The van der Waals surface area contributed by atoms with Crippen LogP contribution in [0.15, 0.2) is 0 Å². The van der Waals surface area contributed by atoms with Gasteiger partial charge in [-0.2, -0.15) is 0 Å². The van der Waals surface area contributed by atoms with Gasteiger partial charge in [-0.15, -0.1) is 0 Å². The first-order valence-electron chi connectivity index (χ1n) is 11.5. The zero-order valence-corrected chi connectivity index (χ0v) is 22.2.